The van der Waals surface area contributed by atoms with Gasteiger partial charge in [-0.1, -0.05) is 44.9 Å². The number of hydrogen-bond donors (Lipinski definition) is 1. The lowest BCUT2D eigenvalue weighted by Gasteiger charge is -2.31. The van der Waals surface area contributed by atoms with Crippen LogP contribution in [0.4, 0.5) is 5.13 Å². The van der Waals surface area contributed by atoms with Crippen LogP contribution < -0.4 is 4.90 Å². The van der Waals surface area contributed by atoms with Crippen LogP contribution in [0.5, 0.6) is 0 Å². The van der Waals surface area contributed by atoms with Crippen molar-refractivity contribution in [1.82, 2.24) is 4.98 Å². The van der Waals surface area contributed by atoms with Gasteiger partial charge in [0.15, 0.2) is 5.13 Å². The van der Waals surface area contributed by atoms with Gasteiger partial charge in [-0.3, -0.25) is 0 Å². The van der Waals surface area contributed by atoms with E-state index in [1.165, 1.54) is 32.1 Å². The lowest BCUT2D eigenvalue weighted by Crippen LogP contribution is -2.34. The van der Waals surface area contributed by atoms with Crippen molar-refractivity contribution < 1.29 is 5.11 Å². The van der Waals surface area contributed by atoms with Gasteiger partial charge in [0, 0.05) is 18.0 Å². The fourth-order valence-corrected chi connectivity index (χ4v) is 5.01. The van der Waals surface area contributed by atoms with Crippen molar-refractivity contribution in [2.75, 3.05) is 11.4 Å². The molecule has 0 amide bonds. The van der Waals surface area contributed by atoms with E-state index in [-0.39, 0.29) is 12.0 Å². The molecule has 112 valence electrons. The van der Waals surface area contributed by atoms with Crippen LogP contribution in [-0.2, 0) is 12.0 Å². The highest BCUT2D eigenvalue weighted by atomic mass is 32.1. The largest absolute Gasteiger partial charge is 0.391 e. The minimum atomic E-state index is 0.0124. The van der Waals surface area contributed by atoms with E-state index in [1.807, 2.05) is 0 Å². The zero-order valence-electron chi connectivity index (χ0n) is 12.9. The van der Waals surface area contributed by atoms with E-state index in [0.717, 1.165) is 28.2 Å². The fraction of sp³-hybridized carbons (Fsp3) is 0.812. The summed E-state index contributed by atoms with van der Waals surface area (Å²) in [6.45, 7) is 7.80. The summed E-state index contributed by atoms with van der Waals surface area (Å²) >= 11 is 1.70. The molecule has 2 atom stereocenters. The Morgan fingerprint density at radius 1 is 1.25 bits per heavy atom. The molecule has 3 nitrogen and oxygen atoms in total. The molecule has 4 heteroatoms. The Bertz CT molecular complexity index is 477. The minimum Gasteiger partial charge on any atom is -0.391 e. The highest BCUT2D eigenvalue weighted by Gasteiger charge is 2.37. The topological polar surface area (TPSA) is 36.4 Å². The van der Waals surface area contributed by atoms with E-state index >= 15 is 0 Å². The average Bonchev–Trinajstić information content (AvgIpc) is 3.01. The molecule has 1 saturated heterocycles. The molecule has 2 heterocycles. The van der Waals surface area contributed by atoms with Gasteiger partial charge in [0.25, 0.3) is 0 Å². The second-order valence-corrected chi connectivity index (χ2v) is 8.33. The molecule has 1 aromatic rings. The first-order chi connectivity index (χ1) is 9.50. The summed E-state index contributed by atoms with van der Waals surface area (Å²) in [6.07, 6.45) is 6.81. The zero-order valence-corrected chi connectivity index (χ0v) is 13.7. The van der Waals surface area contributed by atoms with Gasteiger partial charge in [-0.05, 0) is 25.2 Å². The van der Waals surface area contributed by atoms with Gasteiger partial charge in [0.05, 0.1) is 17.2 Å². The zero-order chi connectivity index (χ0) is 14.3. The molecule has 1 aliphatic carbocycles. The molecular formula is C16H26N2OS. The third-order valence-corrected chi connectivity index (χ3v) is 5.87. The number of aliphatic hydroxyl groups excluding tert-OH is 1. The van der Waals surface area contributed by atoms with E-state index in [0.29, 0.717) is 6.04 Å². The van der Waals surface area contributed by atoms with Gasteiger partial charge in [-0.25, -0.2) is 4.98 Å². The van der Waals surface area contributed by atoms with Crippen LogP contribution in [0.1, 0.15) is 63.4 Å². The van der Waals surface area contributed by atoms with E-state index in [9.17, 15) is 5.11 Å². The summed E-state index contributed by atoms with van der Waals surface area (Å²) in [7, 11) is 0. The van der Waals surface area contributed by atoms with Gasteiger partial charge in [0.1, 0.15) is 0 Å². The summed E-state index contributed by atoms with van der Waals surface area (Å²) in [4.78, 5) is 8.49. The standard InChI is InChI=1S/C16H26N2OS/c1-16(2,3)14-13(10-19)20-15(17-14)18-9-8-11-6-4-5-7-12(11)18/h11-12,19H,4-10H2,1-3H3. The van der Waals surface area contributed by atoms with Crippen LogP contribution in [-0.4, -0.2) is 22.7 Å². The summed E-state index contributed by atoms with van der Waals surface area (Å²) in [5, 5.41) is 10.8. The van der Waals surface area contributed by atoms with E-state index in [1.54, 1.807) is 11.3 Å². The van der Waals surface area contributed by atoms with Crippen LogP contribution >= 0.6 is 11.3 Å². The number of anilines is 1. The number of aromatic nitrogens is 1. The molecule has 1 aromatic heterocycles. The summed E-state index contributed by atoms with van der Waals surface area (Å²) in [6, 6.07) is 0.703. The number of fused-ring (bicyclic) bond motifs is 1. The Balaban J connectivity index is 1.89. The van der Waals surface area contributed by atoms with Crippen molar-refractivity contribution in [2.24, 2.45) is 5.92 Å². The van der Waals surface area contributed by atoms with Crippen molar-refractivity contribution in [1.29, 1.82) is 0 Å². The van der Waals surface area contributed by atoms with Crippen LogP contribution in [0, 0.1) is 5.92 Å². The molecule has 2 aliphatic rings. The maximum atomic E-state index is 9.62. The quantitative estimate of drug-likeness (QED) is 0.903. The molecule has 0 bridgehead atoms. The van der Waals surface area contributed by atoms with E-state index < -0.39 is 0 Å². The first-order valence-corrected chi connectivity index (χ1v) is 8.70. The SMILES string of the molecule is CC(C)(C)c1nc(N2CCC3CCCCC32)sc1CO. The molecule has 1 N–H and O–H groups in total. The molecule has 0 spiro atoms. The van der Waals surface area contributed by atoms with Crippen LogP contribution in [0.25, 0.3) is 0 Å². The first-order valence-electron chi connectivity index (χ1n) is 7.88. The molecule has 1 aliphatic heterocycles. The maximum absolute atomic E-state index is 9.62. The fourth-order valence-electron chi connectivity index (χ4n) is 3.80. The third-order valence-electron chi connectivity index (χ3n) is 4.80. The highest BCUT2D eigenvalue weighted by Crippen LogP contribution is 2.42. The van der Waals surface area contributed by atoms with Gasteiger partial charge >= 0.3 is 0 Å². The van der Waals surface area contributed by atoms with Crippen molar-refractivity contribution in [3.63, 3.8) is 0 Å². The second kappa shape index (κ2) is 5.30. The number of thiazole rings is 1. The number of nitrogens with zero attached hydrogens (tertiary/aromatic N) is 2. The van der Waals surface area contributed by atoms with Crippen LogP contribution in [0.2, 0.25) is 0 Å². The normalized spacial score (nSPS) is 26.9. The van der Waals surface area contributed by atoms with Crippen molar-refractivity contribution in [3.8, 4) is 0 Å². The molecule has 0 aromatic carbocycles. The van der Waals surface area contributed by atoms with Crippen molar-refractivity contribution in [2.45, 2.75) is 70.9 Å². The third kappa shape index (κ3) is 2.48. The Kier molecular flexibility index (Phi) is 3.80. The lowest BCUT2D eigenvalue weighted by atomic mass is 9.85. The molecule has 2 fully saturated rings. The van der Waals surface area contributed by atoms with Crippen LogP contribution in [0.3, 0.4) is 0 Å². The maximum Gasteiger partial charge on any atom is 0.186 e. The van der Waals surface area contributed by atoms with Crippen molar-refractivity contribution >= 4 is 16.5 Å². The van der Waals surface area contributed by atoms with Crippen LogP contribution in [0.15, 0.2) is 0 Å². The van der Waals surface area contributed by atoms with Gasteiger partial charge in [-0.15, -0.1) is 0 Å². The Hall–Kier alpha value is -0.610. The second-order valence-electron chi connectivity index (χ2n) is 7.27. The molecule has 1 saturated carbocycles. The van der Waals surface area contributed by atoms with Gasteiger partial charge in [-0.2, -0.15) is 0 Å². The lowest BCUT2D eigenvalue weighted by molar-refractivity contribution is 0.282. The Morgan fingerprint density at radius 2 is 2.00 bits per heavy atom. The molecule has 3 rings (SSSR count). The summed E-state index contributed by atoms with van der Waals surface area (Å²) < 4.78 is 0. The van der Waals surface area contributed by atoms with Gasteiger partial charge < -0.3 is 10.0 Å². The van der Waals surface area contributed by atoms with Gasteiger partial charge in [0.2, 0.25) is 0 Å². The number of aliphatic hydroxyl groups is 1. The van der Waals surface area contributed by atoms with E-state index in [4.69, 9.17) is 4.98 Å². The predicted molar refractivity (Wildman–Crippen MR) is 84.4 cm³/mol. The molecule has 0 radical (unpaired) electrons. The van der Waals surface area contributed by atoms with E-state index in [2.05, 4.69) is 25.7 Å². The monoisotopic (exact) mass is 294 g/mol. The smallest absolute Gasteiger partial charge is 0.186 e. The summed E-state index contributed by atoms with van der Waals surface area (Å²) in [5.41, 5.74) is 1.10. The number of rotatable bonds is 2. The number of hydrogen-bond acceptors (Lipinski definition) is 4. The Labute approximate surface area is 126 Å². The first kappa shape index (κ1) is 14.3. The summed E-state index contributed by atoms with van der Waals surface area (Å²) in [5.74, 6) is 0.878. The molecular weight excluding hydrogens is 268 g/mol. The average molecular weight is 294 g/mol. The molecule has 2 unspecified atom stereocenters. The predicted octanol–water partition coefficient (Wildman–Crippen LogP) is 3.70. The molecule has 20 heavy (non-hydrogen) atoms. The highest BCUT2D eigenvalue weighted by molar-refractivity contribution is 7.15. The minimum absolute atomic E-state index is 0.0124. The van der Waals surface area contributed by atoms with Crippen molar-refractivity contribution in [3.05, 3.63) is 10.6 Å². The Morgan fingerprint density at radius 3 is 2.65 bits per heavy atom.